The standard InChI is InChI=1S/C14H20FNO3/c1-3-19-8-4-7-16-10-11-5-6-12(13(15)9-11)14(17)18-2/h5-6,9,16H,3-4,7-8,10H2,1-2H3. The zero-order valence-electron chi connectivity index (χ0n) is 11.4. The molecule has 0 aromatic heterocycles. The lowest BCUT2D eigenvalue weighted by atomic mass is 10.1. The molecule has 1 aromatic carbocycles. The molecule has 1 N–H and O–H groups in total. The highest BCUT2D eigenvalue weighted by Gasteiger charge is 2.11. The Bertz CT molecular complexity index is 410. The van der Waals surface area contributed by atoms with Crippen molar-refractivity contribution >= 4 is 5.97 Å². The molecule has 1 aromatic rings. The zero-order valence-corrected chi connectivity index (χ0v) is 11.4. The number of carbonyl (C=O) groups excluding carboxylic acids is 1. The molecule has 106 valence electrons. The first-order valence-electron chi connectivity index (χ1n) is 6.34. The molecule has 4 nitrogen and oxygen atoms in total. The first kappa shape index (κ1) is 15.6. The molecule has 0 saturated heterocycles. The van der Waals surface area contributed by atoms with Gasteiger partial charge in [0.25, 0.3) is 0 Å². The Morgan fingerprint density at radius 1 is 1.42 bits per heavy atom. The van der Waals surface area contributed by atoms with Gasteiger partial charge in [0.15, 0.2) is 0 Å². The molecule has 19 heavy (non-hydrogen) atoms. The van der Waals surface area contributed by atoms with E-state index in [1.165, 1.54) is 19.2 Å². The van der Waals surface area contributed by atoms with Crippen LogP contribution in [0.4, 0.5) is 4.39 Å². The van der Waals surface area contributed by atoms with E-state index in [-0.39, 0.29) is 5.56 Å². The van der Waals surface area contributed by atoms with Crippen LogP contribution in [-0.2, 0) is 16.0 Å². The van der Waals surface area contributed by atoms with Gasteiger partial charge in [-0.25, -0.2) is 9.18 Å². The second-order valence-electron chi connectivity index (χ2n) is 4.03. The van der Waals surface area contributed by atoms with Crippen LogP contribution in [0.15, 0.2) is 18.2 Å². The summed E-state index contributed by atoms with van der Waals surface area (Å²) in [5, 5.41) is 3.19. The van der Waals surface area contributed by atoms with Gasteiger partial charge in [0.2, 0.25) is 0 Å². The predicted octanol–water partition coefficient (Wildman–Crippen LogP) is 2.13. The van der Waals surface area contributed by atoms with Crippen LogP contribution in [0.5, 0.6) is 0 Å². The largest absolute Gasteiger partial charge is 0.465 e. The van der Waals surface area contributed by atoms with Crippen LogP contribution in [0, 0.1) is 5.82 Å². The summed E-state index contributed by atoms with van der Waals surface area (Å²) in [5.41, 5.74) is 0.754. The summed E-state index contributed by atoms with van der Waals surface area (Å²) in [6.07, 6.45) is 0.913. The third-order valence-corrected chi connectivity index (χ3v) is 2.61. The van der Waals surface area contributed by atoms with Gasteiger partial charge in [-0.05, 0) is 37.6 Å². The number of benzene rings is 1. The first-order valence-corrected chi connectivity index (χ1v) is 6.34. The van der Waals surface area contributed by atoms with E-state index >= 15 is 0 Å². The monoisotopic (exact) mass is 269 g/mol. The summed E-state index contributed by atoms with van der Waals surface area (Å²) in [6.45, 7) is 4.77. The van der Waals surface area contributed by atoms with Crippen LogP contribution in [0.2, 0.25) is 0 Å². The van der Waals surface area contributed by atoms with Crippen molar-refractivity contribution in [1.82, 2.24) is 5.32 Å². The van der Waals surface area contributed by atoms with E-state index in [9.17, 15) is 9.18 Å². The molecule has 0 saturated carbocycles. The third kappa shape index (κ3) is 5.36. The molecule has 0 aliphatic rings. The second-order valence-corrected chi connectivity index (χ2v) is 4.03. The number of esters is 1. The molecule has 5 heteroatoms. The topological polar surface area (TPSA) is 47.6 Å². The Hall–Kier alpha value is -1.46. The maximum Gasteiger partial charge on any atom is 0.340 e. The highest BCUT2D eigenvalue weighted by Crippen LogP contribution is 2.11. The van der Waals surface area contributed by atoms with E-state index in [1.54, 1.807) is 6.07 Å². The number of rotatable bonds is 8. The van der Waals surface area contributed by atoms with Gasteiger partial charge in [-0.1, -0.05) is 6.07 Å². The lowest BCUT2D eigenvalue weighted by Crippen LogP contribution is -2.16. The molecule has 0 radical (unpaired) electrons. The van der Waals surface area contributed by atoms with E-state index in [1.807, 2.05) is 6.92 Å². The summed E-state index contributed by atoms with van der Waals surface area (Å²) in [7, 11) is 1.23. The van der Waals surface area contributed by atoms with Crippen molar-refractivity contribution in [2.45, 2.75) is 19.9 Å². The molecule has 0 atom stereocenters. The van der Waals surface area contributed by atoms with E-state index in [0.29, 0.717) is 6.54 Å². The summed E-state index contributed by atoms with van der Waals surface area (Å²) >= 11 is 0. The molecule has 1 rings (SSSR count). The number of hydrogen-bond donors (Lipinski definition) is 1. The van der Waals surface area contributed by atoms with E-state index < -0.39 is 11.8 Å². The average Bonchev–Trinajstić information content (AvgIpc) is 2.42. The molecule has 0 bridgehead atoms. The molecule has 0 unspecified atom stereocenters. The fourth-order valence-electron chi connectivity index (χ4n) is 1.62. The van der Waals surface area contributed by atoms with Crippen molar-refractivity contribution in [1.29, 1.82) is 0 Å². The van der Waals surface area contributed by atoms with Crippen LogP contribution in [0.25, 0.3) is 0 Å². The summed E-state index contributed by atoms with van der Waals surface area (Å²) in [4.78, 5) is 11.2. The number of halogens is 1. The van der Waals surface area contributed by atoms with Gasteiger partial charge in [0, 0.05) is 19.8 Å². The maximum absolute atomic E-state index is 13.6. The SMILES string of the molecule is CCOCCCNCc1ccc(C(=O)OC)c(F)c1. The quantitative estimate of drug-likeness (QED) is 0.580. The fourth-order valence-corrected chi connectivity index (χ4v) is 1.62. The van der Waals surface area contributed by atoms with Gasteiger partial charge in [0.1, 0.15) is 5.82 Å². The smallest absolute Gasteiger partial charge is 0.340 e. The number of ether oxygens (including phenoxy) is 2. The Morgan fingerprint density at radius 2 is 2.21 bits per heavy atom. The van der Waals surface area contributed by atoms with Crippen molar-refractivity contribution in [3.8, 4) is 0 Å². The van der Waals surface area contributed by atoms with Crippen LogP contribution in [0.1, 0.15) is 29.3 Å². The highest BCUT2D eigenvalue weighted by molar-refractivity contribution is 5.89. The molecular formula is C14H20FNO3. The summed E-state index contributed by atoms with van der Waals surface area (Å²) < 4.78 is 23.3. The number of methoxy groups -OCH3 is 1. The van der Waals surface area contributed by atoms with Crippen molar-refractivity contribution in [3.63, 3.8) is 0 Å². The molecule has 0 fully saturated rings. The molecule has 0 aliphatic heterocycles. The maximum atomic E-state index is 13.6. The lowest BCUT2D eigenvalue weighted by Gasteiger charge is -2.07. The minimum atomic E-state index is -0.659. The van der Waals surface area contributed by atoms with Gasteiger partial charge < -0.3 is 14.8 Å². The van der Waals surface area contributed by atoms with Crippen molar-refractivity contribution < 1.29 is 18.7 Å². The van der Waals surface area contributed by atoms with Gasteiger partial charge in [-0.15, -0.1) is 0 Å². The zero-order chi connectivity index (χ0) is 14.1. The van der Waals surface area contributed by atoms with E-state index in [0.717, 1.165) is 31.7 Å². The number of nitrogens with one attached hydrogen (secondary N) is 1. The van der Waals surface area contributed by atoms with Gasteiger partial charge >= 0.3 is 5.97 Å². The average molecular weight is 269 g/mol. The minimum Gasteiger partial charge on any atom is -0.465 e. The second kappa shape index (κ2) is 8.61. The molecular weight excluding hydrogens is 249 g/mol. The van der Waals surface area contributed by atoms with E-state index in [4.69, 9.17) is 4.74 Å². The minimum absolute atomic E-state index is 0.0393. The summed E-state index contributed by atoms with van der Waals surface area (Å²) in [6, 6.07) is 4.51. The predicted molar refractivity (Wildman–Crippen MR) is 70.6 cm³/mol. The van der Waals surface area contributed by atoms with Gasteiger partial charge in [0.05, 0.1) is 12.7 Å². The summed E-state index contributed by atoms with van der Waals surface area (Å²) in [5.74, 6) is -1.21. The van der Waals surface area contributed by atoms with Crippen molar-refractivity contribution in [2.24, 2.45) is 0 Å². The van der Waals surface area contributed by atoms with Gasteiger partial charge in [-0.3, -0.25) is 0 Å². The van der Waals surface area contributed by atoms with Crippen LogP contribution < -0.4 is 5.32 Å². The van der Waals surface area contributed by atoms with E-state index in [2.05, 4.69) is 10.1 Å². The Morgan fingerprint density at radius 3 is 2.84 bits per heavy atom. The molecule has 0 amide bonds. The normalized spacial score (nSPS) is 10.5. The molecule has 0 spiro atoms. The fraction of sp³-hybridized carbons (Fsp3) is 0.500. The molecule has 0 heterocycles. The number of hydrogen-bond acceptors (Lipinski definition) is 4. The number of carbonyl (C=O) groups is 1. The van der Waals surface area contributed by atoms with Crippen LogP contribution in [-0.4, -0.2) is 32.8 Å². The Labute approximate surface area is 112 Å². The first-order chi connectivity index (χ1) is 9.19. The molecule has 0 aliphatic carbocycles. The van der Waals surface area contributed by atoms with Crippen molar-refractivity contribution in [2.75, 3.05) is 26.9 Å². The van der Waals surface area contributed by atoms with Crippen LogP contribution >= 0.6 is 0 Å². The van der Waals surface area contributed by atoms with Crippen LogP contribution in [0.3, 0.4) is 0 Å². The van der Waals surface area contributed by atoms with Gasteiger partial charge in [-0.2, -0.15) is 0 Å². The third-order valence-electron chi connectivity index (χ3n) is 2.61. The Balaban J connectivity index is 2.39. The Kier molecular flexibility index (Phi) is 7.07. The highest BCUT2D eigenvalue weighted by atomic mass is 19.1. The van der Waals surface area contributed by atoms with Crippen molar-refractivity contribution in [3.05, 3.63) is 35.1 Å². The lowest BCUT2D eigenvalue weighted by molar-refractivity contribution is 0.0595.